The highest BCUT2D eigenvalue weighted by Crippen LogP contribution is 2.29. The number of methoxy groups -OCH3 is 2. The van der Waals surface area contributed by atoms with Crippen LogP contribution in [0.15, 0.2) is 41.2 Å². The van der Waals surface area contributed by atoms with Gasteiger partial charge in [-0.25, -0.2) is 9.37 Å². The van der Waals surface area contributed by atoms with E-state index in [0.29, 0.717) is 34.8 Å². The zero-order valence-electron chi connectivity index (χ0n) is 17.0. The number of fused-ring (bicyclic) bond motifs is 1. The smallest absolute Gasteiger partial charge is 0.258 e. The van der Waals surface area contributed by atoms with Crippen LogP contribution in [0.3, 0.4) is 0 Å². The summed E-state index contributed by atoms with van der Waals surface area (Å²) in [7, 11) is 3.00. The number of aromatic nitrogens is 2. The molecule has 0 saturated heterocycles. The van der Waals surface area contributed by atoms with Crippen LogP contribution in [0.1, 0.15) is 12.7 Å². The van der Waals surface area contributed by atoms with Crippen molar-refractivity contribution >= 4 is 22.5 Å². The van der Waals surface area contributed by atoms with Gasteiger partial charge in [-0.15, -0.1) is 0 Å². The van der Waals surface area contributed by atoms with E-state index < -0.39 is 5.82 Å². The maximum absolute atomic E-state index is 13.7. The molecule has 0 aliphatic heterocycles. The Hall–Kier alpha value is -3.46. The van der Waals surface area contributed by atoms with Gasteiger partial charge in [-0.1, -0.05) is 19.1 Å². The van der Waals surface area contributed by atoms with E-state index in [1.165, 1.54) is 26.4 Å². The third kappa shape index (κ3) is 4.74. The van der Waals surface area contributed by atoms with Crippen LogP contribution in [0.25, 0.3) is 10.9 Å². The highest BCUT2D eigenvalue weighted by Gasteiger charge is 2.15. The largest absolute Gasteiger partial charge is 0.493 e. The van der Waals surface area contributed by atoms with Crippen LogP contribution in [-0.2, 0) is 11.3 Å². The van der Waals surface area contributed by atoms with E-state index in [1.54, 1.807) is 29.2 Å². The lowest BCUT2D eigenvalue weighted by Crippen LogP contribution is -2.34. The van der Waals surface area contributed by atoms with Gasteiger partial charge in [0.2, 0.25) is 5.91 Å². The lowest BCUT2D eigenvalue weighted by Gasteiger charge is -2.19. The van der Waals surface area contributed by atoms with Crippen molar-refractivity contribution in [2.75, 3.05) is 32.6 Å². The van der Waals surface area contributed by atoms with Crippen molar-refractivity contribution in [1.82, 2.24) is 14.9 Å². The van der Waals surface area contributed by atoms with Gasteiger partial charge in [-0.3, -0.25) is 14.5 Å². The summed E-state index contributed by atoms with van der Waals surface area (Å²) in [5.41, 5.74) is 0.262. The second-order valence-corrected chi connectivity index (χ2v) is 6.57. The molecule has 1 heterocycles. The van der Waals surface area contributed by atoms with Crippen molar-refractivity contribution in [2.24, 2.45) is 0 Å². The highest BCUT2D eigenvalue weighted by molar-refractivity contribution is 5.92. The average molecular weight is 414 g/mol. The molecule has 0 spiro atoms. The molecule has 8 nitrogen and oxygen atoms in total. The van der Waals surface area contributed by atoms with Gasteiger partial charge in [0.05, 0.1) is 43.9 Å². The second-order valence-electron chi connectivity index (χ2n) is 6.57. The van der Waals surface area contributed by atoms with Crippen LogP contribution < -0.4 is 20.3 Å². The third-order valence-corrected chi connectivity index (χ3v) is 4.60. The van der Waals surface area contributed by atoms with E-state index in [9.17, 15) is 14.0 Å². The van der Waals surface area contributed by atoms with Crippen LogP contribution >= 0.6 is 0 Å². The van der Waals surface area contributed by atoms with Gasteiger partial charge in [-0.2, -0.15) is 0 Å². The molecule has 3 rings (SSSR count). The summed E-state index contributed by atoms with van der Waals surface area (Å²) in [5, 5.41) is 2.92. The number of halogens is 1. The molecule has 9 heteroatoms. The molecular weight excluding hydrogens is 391 g/mol. The molecule has 1 aromatic heterocycles. The fourth-order valence-electron chi connectivity index (χ4n) is 3.04. The zero-order valence-corrected chi connectivity index (χ0v) is 17.0. The lowest BCUT2D eigenvalue weighted by molar-refractivity contribution is -0.117. The molecule has 0 bridgehead atoms. The Kier molecular flexibility index (Phi) is 6.63. The summed E-state index contributed by atoms with van der Waals surface area (Å²) in [4.78, 5) is 33.8. The van der Waals surface area contributed by atoms with Crippen LogP contribution in [0.2, 0.25) is 0 Å². The van der Waals surface area contributed by atoms with Gasteiger partial charge >= 0.3 is 0 Å². The number of anilines is 1. The van der Waals surface area contributed by atoms with Gasteiger partial charge < -0.3 is 19.8 Å². The second kappa shape index (κ2) is 9.36. The van der Waals surface area contributed by atoms with Crippen molar-refractivity contribution in [3.05, 3.63) is 58.4 Å². The molecule has 2 N–H and O–H groups in total. The van der Waals surface area contributed by atoms with Gasteiger partial charge in [0.15, 0.2) is 11.5 Å². The SMILES string of the molecule is CCN(CC(=O)Nc1ccccc1F)Cc1nc2cc(OC)c(OC)cc2c(=O)[nH]1. The third-order valence-electron chi connectivity index (χ3n) is 4.60. The number of carbonyl (C=O) groups excluding carboxylic acids is 1. The Bertz CT molecular complexity index is 1120. The predicted octanol–water partition coefficient (Wildman–Crippen LogP) is 2.54. The van der Waals surface area contributed by atoms with E-state index in [4.69, 9.17) is 9.47 Å². The Morgan fingerprint density at radius 2 is 1.90 bits per heavy atom. The molecule has 2 aromatic carbocycles. The number of nitrogens with one attached hydrogen (secondary N) is 2. The van der Waals surface area contributed by atoms with E-state index in [-0.39, 0.29) is 30.2 Å². The summed E-state index contributed by atoms with van der Waals surface area (Å²) in [6, 6.07) is 9.17. The van der Waals surface area contributed by atoms with Crippen LogP contribution in [0.5, 0.6) is 11.5 Å². The Morgan fingerprint density at radius 1 is 1.20 bits per heavy atom. The number of amides is 1. The number of hydrogen-bond acceptors (Lipinski definition) is 6. The first-order valence-corrected chi connectivity index (χ1v) is 9.36. The maximum Gasteiger partial charge on any atom is 0.258 e. The molecule has 0 saturated carbocycles. The molecule has 0 aliphatic carbocycles. The number of H-pyrrole nitrogens is 1. The fourth-order valence-corrected chi connectivity index (χ4v) is 3.04. The standard InChI is InChI=1S/C21H23FN4O4/c1-4-26(12-20(27)24-15-8-6-5-7-14(15)22)11-19-23-16-10-18(30-3)17(29-2)9-13(16)21(28)25-19/h5-10H,4,11-12H2,1-3H3,(H,24,27)(H,23,25,28). The fraction of sp³-hybridized carbons (Fsp3) is 0.286. The van der Waals surface area contributed by atoms with Gasteiger partial charge in [0.25, 0.3) is 5.56 Å². The number of benzene rings is 2. The lowest BCUT2D eigenvalue weighted by atomic mass is 10.2. The summed E-state index contributed by atoms with van der Waals surface area (Å²) in [5.74, 6) is 0.436. The molecular formula is C21H23FN4O4. The monoisotopic (exact) mass is 414 g/mol. The topological polar surface area (TPSA) is 96.6 Å². The number of hydrogen-bond donors (Lipinski definition) is 2. The summed E-state index contributed by atoms with van der Waals surface area (Å²) in [6.07, 6.45) is 0. The van der Waals surface area contributed by atoms with Crippen molar-refractivity contribution in [3.63, 3.8) is 0 Å². The summed E-state index contributed by atoms with van der Waals surface area (Å²) in [6.45, 7) is 2.65. The van der Waals surface area contributed by atoms with E-state index in [1.807, 2.05) is 6.92 Å². The molecule has 0 fully saturated rings. The first-order valence-electron chi connectivity index (χ1n) is 9.36. The molecule has 158 valence electrons. The molecule has 0 atom stereocenters. The zero-order chi connectivity index (χ0) is 21.7. The normalized spacial score (nSPS) is 11.0. The van der Waals surface area contributed by atoms with Crippen LogP contribution in [0.4, 0.5) is 10.1 Å². The summed E-state index contributed by atoms with van der Waals surface area (Å²) < 4.78 is 24.2. The van der Waals surface area contributed by atoms with E-state index in [2.05, 4.69) is 15.3 Å². The molecule has 0 aliphatic rings. The summed E-state index contributed by atoms with van der Waals surface area (Å²) >= 11 is 0. The van der Waals surface area contributed by atoms with Crippen molar-refractivity contribution in [3.8, 4) is 11.5 Å². The average Bonchev–Trinajstić information content (AvgIpc) is 2.74. The van der Waals surface area contributed by atoms with Crippen molar-refractivity contribution < 1.29 is 18.7 Å². The number of para-hydroxylation sites is 1. The van der Waals surface area contributed by atoms with Crippen molar-refractivity contribution in [2.45, 2.75) is 13.5 Å². The van der Waals surface area contributed by atoms with Gasteiger partial charge in [0, 0.05) is 6.07 Å². The van der Waals surface area contributed by atoms with Gasteiger partial charge in [0.1, 0.15) is 11.6 Å². The number of ether oxygens (including phenoxy) is 2. The molecule has 3 aromatic rings. The first-order chi connectivity index (χ1) is 14.4. The Morgan fingerprint density at radius 3 is 2.57 bits per heavy atom. The van der Waals surface area contributed by atoms with Crippen LogP contribution in [-0.4, -0.2) is 48.1 Å². The Labute approximate surface area is 172 Å². The number of nitrogens with zero attached hydrogens (tertiary/aromatic N) is 2. The minimum absolute atomic E-state index is 0.0124. The maximum atomic E-state index is 13.7. The molecule has 0 unspecified atom stereocenters. The molecule has 30 heavy (non-hydrogen) atoms. The van der Waals surface area contributed by atoms with Crippen molar-refractivity contribution in [1.29, 1.82) is 0 Å². The molecule has 0 radical (unpaired) electrons. The van der Waals surface area contributed by atoms with E-state index >= 15 is 0 Å². The number of aromatic amines is 1. The quantitative estimate of drug-likeness (QED) is 0.588. The van der Waals surface area contributed by atoms with E-state index in [0.717, 1.165) is 0 Å². The predicted molar refractivity (Wildman–Crippen MR) is 111 cm³/mol. The Balaban J connectivity index is 1.78. The minimum Gasteiger partial charge on any atom is -0.493 e. The van der Waals surface area contributed by atoms with Crippen LogP contribution in [0, 0.1) is 5.82 Å². The van der Waals surface area contributed by atoms with Gasteiger partial charge in [-0.05, 0) is 24.7 Å². The highest BCUT2D eigenvalue weighted by atomic mass is 19.1. The molecule has 1 amide bonds. The number of rotatable bonds is 8. The minimum atomic E-state index is -0.501. The first kappa shape index (κ1) is 21.3. The number of likely N-dealkylation sites (N-methyl/N-ethyl adjacent to an activating group) is 1. The number of carbonyl (C=O) groups is 1.